The third kappa shape index (κ3) is 5.14. The maximum Gasteiger partial charge on any atom is 0.305 e. The van der Waals surface area contributed by atoms with Gasteiger partial charge in [0.15, 0.2) is 0 Å². The lowest BCUT2D eigenvalue weighted by atomic mass is 10.3. The molecule has 0 aromatic carbocycles. The SMILES string of the molecule is CCOC(=O)CCCNc1cc(OC)ncn1. The van der Waals surface area contributed by atoms with Crippen molar-refractivity contribution in [1.82, 2.24) is 9.97 Å². The molecular weight excluding hydrogens is 222 g/mol. The van der Waals surface area contributed by atoms with Crippen LogP contribution in [0.2, 0.25) is 0 Å². The van der Waals surface area contributed by atoms with Crippen molar-refractivity contribution in [3.8, 4) is 5.88 Å². The lowest BCUT2D eigenvalue weighted by Gasteiger charge is -2.06. The Hall–Kier alpha value is -1.85. The van der Waals surface area contributed by atoms with Crippen molar-refractivity contribution < 1.29 is 14.3 Å². The van der Waals surface area contributed by atoms with Crippen molar-refractivity contribution in [3.63, 3.8) is 0 Å². The number of carbonyl (C=O) groups is 1. The van der Waals surface area contributed by atoms with Gasteiger partial charge in [0.2, 0.25) is 5.88 Å². The minimum absolute atomic E-state index is 0.172. The molecule has 1 N–H and O–H groups in total. The molecule has 1 rings (SSSR count). The number of methoxy groups -OCH3 is 1. The maximum atomic E-state index is 11.1. The summed E-state index contributed by atoms with van der Waals surface area (Å²) in [5.74, 6) is 1.02. The Morgan fingerprint density at radius 1 is 1.47 bits per heavy atom. The van der Waals surface area contributed by atoms with Crippen LogP contribution in [-0.4, -0.2) is 36.2 Å². The first kappa shape index (κ1) is 13.2. The first-order chi connectivity index (χ1) is 8.26. The molecule has 6 nitrogen and oxygen atoms in total. The highest BCUT2D eigenvalue weighted by molar-refractivity contribution is 5.69. The molecule has 0 atom stereocenters. The second-order valence-electron chi connectivity index (χ2n) is 3.28. The summed E-state index contributed by atoms with van der Waals surface area (Å²) in [5.41, 5.74) is 0. The van der Waals surface area contributed by atoms with E-state index in [1.807, 2.05) is 0 Å². The highest BCUT2D eigenvalue weighted by atomic mass is 16.5. The number of aromatic nitrogens is 2. The summed E-state index contributed by atoms with van der Waals surface area (Å²) < 4.78 is 9.78. The number of ether oxygens (including phenoxy) is 2. The topological polar surface area (TPSA) is 73.3 Å². The van der Waals surface area contributed by atoms with E-state index in [0.29, 0.717) is 37.7 Å². The minimum Gasteiger partial charge on any atom is -0.481 e. The number of carbonyl (C=O) groups excluding carboxylic acids is 1. The van der Waals surface area contributed by atoms with Gasteiger partial charge in [-0.15, -0.1) is 0 Å². The Kier molecular flexibility index (Phi) is 5.77. The normalized spacial score (nSPS) is 9.76. The monoisotopic (exact) mass is 239 g/mol. The lowest BCUT2D eigenvalue weighted by molar-refractivity contribution is -0.143. The average Bonchev–Trinajstić information content (AvgIpc) is 2.35. The first-order valence-corrected chi connectivity index (χ1v) is 5.51. The van der Waals surface area contributed by atoms with Crippen molar-refractivity contribution >= 4 is 11.8 Å². The van der Waals surface area contributed by atoms with Crippen molar-refractivity contribution in [3.05, 3.63) is 12.4 Å². The molecule has 0 fully saturated rings. The standard InChI is InChI=1S/C11H17N3O3/c1-3-17-11(15)5-4-6-12-9-7-10(16-2)14-8-13-9/h7-8H,3-6H2,1-2H3,(H,12,13,14). The van der Waals surface area contributed by atoms with Crippen LogP contribution in [0.5, 0.6) is 5.88 Å². The highest BCUT2D eigenvalue weighted by Gasteiger charge is 2.01. The number of hydrogen-bond acceptors (Lipinski definition) is 6. The van der Waals surface area contributed by atoms with E-state index in [-0.39, 0.29) is 5.97 Å². The van der Waals surface area contributed by atoms with Crippen LogP contribution in [0.3, 0.4) is 0 Å². The summed E-state index contributed by atoms with van der Waals surface area (Å²) in [6, 6.07) is 1.70. The summed E-state index contributed by atoms with van der Waals surface area (Å²) in [6.07, 6.45) is 2.53. The molecule has 1 aromatic heterocycles. The number of hydrogen-bond donors (Lipinski definition) is 1. The van der Waals surface area contributed by atoms with Crippen LogP contribution in [0.1, 0.15) is 19.8 Å². The zero-order valence-corrected chi connectivity index (χ0v) is 10.1. The van der Waals surface area contributed by atoms with E-state index in [9.17, 15) is 4.79 Å². The molecule has 0 aliphatic carbocycles. The fourth-order valence-corrected chi connectivity index (χ4v) is 1.23. The fraction of sp³-hybridized carbons (Fsp3) is 0.545. The Morgan fingerprint density at radius 2 is 2.29 bits per heavy atom. The molecule has 0 spiro atoms. The quantitative estimate of drug-likeness (QED) is 0.570. The van der Waals surface area contributed by atoms with E-state index in [1.54, 1.807) is 20.1 Å². The molecular formula is C11H17N3O3. The molecule has 1 heterocycles. The summed E-state index contributed by atoms with van der Waals surface area (Å²) in [4.78, 5) is 19.0. The van der Waals surface area contributed by atoms with Crippen LogP contribution in [0.25, 0.3) is 0 Å². The van der Waals surface area contributed by atoms with Crippen LogP contribution in [0, 0.1) is 0 Å². The minimum atomic E-state index is -0.172. The Bertz CT molecular complexity index is 358. The van der Waals surface area contributed by atoms with Gasteiger partial charge in [-0.25, -0.2) is 9.97 Å². The van der Waals surface area contributed by atoms with Crippen LogP contribution >= 0.6 is 0 Å². The van der Waals surface area contributed by atoms with Crippen molar-refractivity contribution in [2.75, 3.05) is 25.6 Å². The number of nitrogens with one attached hydrogen (secondary N) is 1. The van der Waals surface area contributed by atoms with Crippen molar-refractivity contribution in [1.29, 1.82) is 0 Å². The number of anilines is 1. The molecule has 0 saturated carbocycles. The van der Waals surface area contributed by atoms with Gasteiger partial charge in [-0.2, -0.15) is 0 Å². The highest BCUT2D eigenvalue weighted by Crippen LogP contribution is 2.09. The third-order valence-corrected chi connectivity index (χ3v) is 2.02. The van der Waals surface area contributed by atoms with E-state index >= 15 is 0 Å². The molecule has 17 heavy (non-hydrogen) atoms. The van der Waals surface area contributed by atoms with E-state index < -0.39 is 0 Å². The molecule has 94 valence electrons. The zero-order chi connectivity index (χ0) is 12.5. The van der Waals surface area contributed by atoms with Gasteiger partial charge in [0, 0.05) is 19.0 Å². The average molecular weight is 239 g/mol. The molecule has 0 amide bonds. The summed E-state index contributed by atoms with van der Waals surface area (Å²) in [7, 11) is 1.55. The van der Waals surface area contributed by atoms with E-state index in [4.69, 9.17) is 9.47 Å². The van der Waals surface area contributed by atoms with Crippen LogP contribution in [-0.2, 0) is 9.53 Å². The largest absolute Gasteiger partial charge is 0.481 e. The van der Waals surface area contributed by atoms with Crippen LogP contribution in [0.4, 0.5) is 5.82 Å². The Morgan fingerprint density at radius 3 is 3.00 bits per heavy atom. The number of esters is 1. The van der Waals surface area contributed by atoms with Crippen molar-refractivity contribution in [2.45, 2.75) is 19.8 Å². The second kappa shape index (κ2) is 7.43. The maximum absolute atomic E-state index is 11.1. The first-order valence-electron chi connectivity index (χ1n) is 5.51. The van der Waals surface area contributed by atoms with Gasteiger partial charge in [-0.3, -0.25) is 4.79 Å². The van der Waals surface area contributed by atoms with Gasteiger partial charge >= 0.3 is 5.97 Å². The second-order valence-corrected chi connectivity index (χ2v) is 3.28. The Balaban J connectivity index is 2.24. The van der Waals surface area contributed by atoms with Gasteiger partial charge in [-0.1, -0.05) is 0 Å². The van der Waals surface area contributed by atoms with Crippen LogP contribution in [0.15, 0.2) is 12.4 Å². The van der Waals surface area contributed by atoms with Gasteiger partial charge < -0.3 is 14.8 Å². The zero-order valence-electron chi connectivity index (χ0n) is 10.1. The summed E-state index contributed by atoms with van der Waals surface area (Å²) in [6.45, 7) is 2.87. The van der Waals surface area contributed by atoms with Gasteiger partial charge in [-0.05, 0) is 13.3 Å². The molecule has 0 radical (unpaired) electrons. The summed E-state index contributed by atoms with van der Waals surface area (Å²) >= 11 is 0. The molecule has 1 aromatic rings. The smallest absolute Gasteiger partial charge is 0.305 e. The molecule has 0 aliphatic heterocycles. The van der Waals surface area contributed by atoms with E-state index in [0.717, 1.165) is 0 Å². The van der Waals surface area contributed by atoms with Gasteiger partial charge in [0.25, 0.3) is 0 Å². The van der Waals surface area contributed by atoms with Crippen molar-refractivity contribution in [2.24, 2.45) is 0 Å². The third-order valence-electron chi connectivity index (χ3n) is 2.02. The number of nitrogens with zero attached hydrogens (tertiary/aromatic N) is 2. The molecule has 0 unspecified atom stereocenters. The Labute approximate surface area is 100 Å². The predicted molar refractivity (Wildman–Crippen MR) is 62.9 cm³/mol. The molecule has 0 bridgehead atoms. The van der Waals surface area contributed by atoms with Crippen LogP contribution < -0.4 is 10.1 Å². The van der Waals surface area contributed by atoms with E-state index in [1.165, 1.54) is 6.33 Å². The number of rotatable bonds is 7. The molecule has 0 aliphatic rings. The van der Waals surface area contributed by atoms with Gasteiger partial charge in [0.1, 0.15) is 12.1 Å². The van der Waals surface area contributed by atoms with Gasteiger partial charge in [0.05, 0.1) is 13.7 Å². The fourth-order valence-electron chi connectivity index (χ4n) is 1.23. The predicted octanol–water partition coefficient (Wildman–Crippen LogP) is 1.24. The van der Waals surface area contributed by atoms with E-state index in [2.05, 4.69) is 15.3 Å². The molecule has 6 heteroatoms. The summed E-state index contributed by atoms with van der Waals surface area (Å²) in [5, 5.41) is 3.08. The lowest BCUT2D eigenvalue weighted by Crippen LogP contribution is -2.09. The molecule has 0 saturated heterocycles.